The third-order valence-electron chi connectivity index (χ3n) is 2.81. The number of hydrogen-bond acceptors (Lipinski definition) is 3. The Hall–Kier alpha value is -0.570. The highest BCUT2D eigenvalue weighted by atomic mass is 127. The molecule has 0 aromatic heterocycles. The minimum atomic E-state index is -0.536. The van der Waals surface area contributed by atoms with Crippen LogP contribution in [0.15, 0.2) is 4.99 Å². The highest BCUT2D eigenvalue weighted by molar-refractivity contribution is 14.0. The Morgan fingerprint density at radius 2 is 2.00 bits per heavy atom. The number of morpholine rings is 1. The SMILES string of the molecule is CNC(=O)C(C)(C)CN=C(N)N1CCOCC1.I. The van der Waals surface area contributed by atoms with Crippen LogP contribution in [0.1, 0.15) is 13.8 Å². The molecular formula is C11H23IN4O2. The summed E-state index contributed by atoms with van der Waals surface area (Å²) in [5.41, 5.74) is 5.35. The van der Waals surface area contributed by atoms with Gasteiger partial charge in [-0.25, -0.2) is 0 Å². The van der Waals surface area contributed by atoms with E-state index in [2.05, 4.69) is 10.3 Å². The molecule has 18 heavy (non-hydrogen) atoms. The number of nitrogens with zero attached hydrogens (tertiary/aromatic N) is 2. The summed E-state index contributed by atoms with van der Waals surface area (Å²) in [6, 6.07) is 0. The number of carbonyl (C=O) groups is 1. The molecule has 0 saturated carbocycles. The van der Waals surface area contributed by atoms with E-state index in [-0.39, 0.29) is 29.9 Å². The van der Waals surface area contributed by atoms with E-state index < -0.39 is 5.41 Å². The summed E-state index contributed by atoms with van der Waals surface area (Å²) in [4.78, 5) is 17.8. The summed E-state index contributed by atoms with van der Waals surface area (Å²) in [6.07, 6.45) is 0. The zero-order valence-corrected chi connectivity index (χ0v) is 13.6. The Kier molecular flexibility index (Phi) is 7.53. The van der Waals surface area contributed by atoms with Gasteiger partial charge in [0.15, 0.2) is 5.96 Å². The first-order valence-corrected chi connectivity index (χ1v) is 5.82. The molecule has 1 saturated heterocycles. The smallest absolute Gasteiger partial charge is 0.227 e. The van der Waals surface area contributed by atoms with Crippen molar-refractivity contribution >= 4 is 35.8 Å². The second kappa shape index (κ2) is 7.78. The molecule has 0 aliphatic carbocycles. The third kappa shape index (κ3) is 4.97. The summed E-state index contributed by atoms with van der Waals surface area (Å²) >= 11 is 0. The first-order valence-electron chi connectivity index (χ1n) is 5.82. The summed E-state index contributed by atoms with van der Waals surface area (Å²) in [6.45, 7) is 6.95. The maximum Gasteiger partial charge on any atom is 0.227 e. The Balaban J connectivity index is 0.00000289. The van der Waals surface area contributed by atoms with E-state index in [1.807, 2.05) is 18.7 Å². The van der Waals surface area contributed by atoms with Crippen LogP contribution in [0.3, 0.4) is 0 Å². The quantitative estimate of drug-likeness (QED) is 0.417. The highest BCUT2D eigenvalue weighted by Gasteiger charge is 2.26. The van der Waals surface area contributed by atoms with E-state index in [1.165, 1.54) is 0 Å². The molecule has 1 aliphatic heterocycles. The predicted octanol–water partition coefficient (Wildman–Crippen LogP) is 0.0235. The van der Waals surface area contributed by atoms with E-state index in [0.717, 1.165) is 13.1 Å². The van der Waals surface area contributed by atoms with Gasteiger partial charge < -0.3 is 20.7 Å². The molecule has 0 aromatic carbocycles. The summed E-state index contributed by atoms with van der Waals surface area (Å²) in [7, 11) is 1.62. The molecule has 0 unspecified atom stereocenters. The Morgan fingerprint density at radius 1 is 1.44 bits per heavy atom. The van der Waals surface area contributed by atoms with Gasteiger partial charge in [-0.3, -0.25) is 9.79 Å². The first kappa shape index (κ1) is 17.4. The fraction of sp³-hybridized carbons (Fsp3) is 0.818. The number of hydrogen-bond donors (Lipinski definition) is 2. The molecular weight excluding hydrogens is 347 g/mol. The second-order valence-electron chi connectivity index (χ2n) is 4.74. The van der Waals surface area contributed by atoms with E-state index >= 15 is 0 Å². The maximum absolute atomic E-state index is 11.6. The lowest BCUT2D eigenvalue weighted by molar-refractivity contribution is -0.128. The standard InChI is InChI=1S/C11H22N4O2.HI/c1-11(2,9(16)13-3)8-14-10(12)15-4-6-17-7-5-15;/h4-8H2,1-3H3,(H2,12,14)(H,13,16);1H. The van der Waals surface area contributed by atoms with Gasteiger partial charge in [-0.05, 0) is 13.8 Å². The van der Waals surface area contributed by atoms with Crippen LogP contribution in [0.5, 0.6) is 0 Å². The zero-order valence-electron chi connectivity index (χ0n) is 11.2. The highest BCUT2D eigenvalue weighted by Crippen LogP contribution is 2.15. The van der Waals surface area contributed by atoms with Gasteiger partial charge in [0.2, 0.25) is 5.91 Å². The lowest BCUT2D eigenvalue weighted by Crippen LogP contribution is -2.45. The molecule has 106 valence electrons. The number of ether oxygens (including phenoxy) is 1. The van der Waals surface area contributed by atoms with Crippen molar-refractivity contribution in [1.29, 1.82) is 0 Å². The average molecular weight is 370 g/mol. The van der Waals surface area contributed by atoms with Gasteiger partial charge in [-0.15, -0.1) is 24.0 Å². The average Bonchev–Trinajstić information content (AvgIpc) is 2.36. The van der Waals surface area contributed by atoms with Crippen LogP contribution >= 0.6 is 24.0 Å². The molecule has 1 heterocycles. The Morgan fingerprint density at radius 3 is 2.50 bits per heavy atom. The van der Waals surface area contributed by atoms with Gasteiger partial charge >= 0.3 is 0 Å². The van der Waals surface area contributed by atoms with Crippen molar-refractivity contribution < 1.29 is 9.53 Å². The summed E-state index contributed by atoms with van der Waals surface area (Å²) in [5, 5.41) is 2.63. The van der Waals surface area contributed by atoms with E-state index in [9.17, 15) is 4.79 Å². The molecule has 3 N–H and O–H groups in total. The Labute approximate surface area is 125 Å². The van der Waals surface area contributed by atoms with Crippen molar-refractivity contribution in [2.24, 2.45) is 16.1 Å². The minimum absolute atomic E-state index is 0. The molecule has 0 atom stereocenters. The van der Waals surface area contributed by atoms with Gasteiger partial charge in [0, 0.05) is 20.1 Å². The van der Waals surface area contributed by atoms with Crippen molar-refractivity contribution in [3.8, 4) is 0 Å². The molecule has 1 amide bonds. The molecule has 0 spiro atoms. The molecule has 0 radical (unpaired) electrons. The van der Waals surface area contributed by atoms with Crippen LogP contribution in [0.4, 0.5) is 0 Å². The molecule has 1 aliphatic rings. The molecule has 1 rings (SSSR count). The van der Waals surface area contributed by atoms with E-state index in [0.29, 0.717) is 25.7 Å². The molecule has 1 fully saturated rings. The predicted molar refractivity (Wildman–Crippen MR) is 82.1 cm³/mol. The van der Waals surface area contributed by atoms with Crippen molar-refractivity contribution in [3.63, 3.8) is 0 Å². The lowest BCUT2D eigenvalue weighted by Gasteiger charge is -2.28. The number of carbonyl (C=O) groups excluding carboxylic acids is 1. The fourth-order valence-corrected chi connectivity index (χ4v) is 1.58. The van der Waals surface area contributed by atoms with Crippen LogP contribution in [-0.4, -0.2) is 56.7 Å². The largest absolute Gasteiger partial charge is 0.378 e. The second-order valence-corrected chi connectivity index (χ2v) is 4.74. The number of guanidine groups is 1. The lowest BCUT2D eigenvalue weighted by atomic mass is 9.93. The van der Waals surface area contributed by atoms with Gasteiger partial charge in [-0.2, -0.15) is 0 Å². The van der Waals surface area contributed by atoms with Crippen LogP contribution in [0.2, 0.25) is 0 Å². The number of aliphatic imine (C=N–C) groups is 1. The molecule has 6 nitrogen and oxygen atoms in total. The normalized spacial score (nSPS) is 17.1. The number of halogens is 1. The first-order chi connectivity index (χ1) is 7.97. The van der Waals surface area contributed by atoms with Crippen molar-refractivity contribution in [2.75, 3.05) is 39.9 Å². The van der Waals surface area contributed by atoms with Crippen molar-refractivity contribution in [1.82, 2.24) is 10.2 Å². The van der Waals surface area contributed by atoms with Gasteiger partial charge in [0.05, 0.1) is 25.2 Å². The molecule has 0 bridgehead atoms. The van der Waals surface area contributed by atoms with Crippen LogP contribution in [0, 0.1) is 5.41 Å². The van der Waals surface area contributed by atoms with Gasteiger partial charge in [-0.1, -0.05) is 0 Å². The molecule has 0 aromatic rings. The van der Waals surface area contributed by atoms with Crippen LogP contribution in [0.25, 0.3) is 0 Å². The summed E-state index contributed by atoms with van der Waals surface area (Å²) in [5.74, 6) is 0.460. The number of nitrogens with one attached hydrogen (secondary N) is 1. The Bertz CT molecular complexity index is 301. The zero-order chi connectivity index (χ0) is 12.9. The van der Waals surface area contributed by atoms with E-state index in [1.54, 1.807) is 7.05 Å². The monoisotopic (exact) mass is 370 g/mol. The molecule has 7 heteroatoms. The van der Waals surface area contributed by atoms with Gasteiger partial charge in [0.25, 0.3) is 0 Å². The topological polar surface area (TPSA) is 80.0 Å². The number of nitrogens with two attached hydrogens (primary N) is 1. The van der Waals surface area contributed by atoms with Crippen LogP contribution in [-0.2, 0) is 9.53 Å². The van der Waals surface area contributed by atoms with Gasteiger partial charge in [0.1, 0.15) is 0 Å². The van der Waals surface area contributed by atoms with Crippen molar-refractivity contribution in [3.05, 3.63) is 0 Å². The van der Waals surface area contributed by atoms with Crippen molar-refractivity contribution in [2.45, 2.75) is 13.8 Å². The number of rotatable bonds is 3. The van der Waals surface area contributed by atoms with Crippen LogP contribution < -0.4 is 11.1 Å². The minimum Gasteiger partial charge on any atom is -0.378 e. The third-order valence-corrected chi connectivity index (χ3v) is 2.81. The summed E-state index contributed by atoms with van der Waals surface area (Å²) < 4.78 is 5.23. The fourth-order valence-electron chi connectivity index (χ4n) is 1.58. The van der Waals surface area contributed by atoms with E-state index in [4.69, 9.17) is 10.5 Å². The number of amides is 1. The maximum atomic E-state index is 11.6.